The standard InChI is InChI=1S/C11H13F4NO/c12-10-4-1-3-9(7-10)8-16-5-2-6-17-11(13,14)15/h1,3-4,7,16H,2,5-6,8H2. The molecule has 0 amide bonds. The highest BCUT2D eigenvalue weighted by molar-refractivity contribution is 5.15. The summed E-state index contributed by atoms with van der Waals surface area (Å²) >= 11 is 0. The lowest BCUT2D eigenvalue weighted by molar-refractivity contribution is -0.324. The summed E-state index contributed by atoms with van der Waals surface area (Å²) < 4.78 is 51.1. The van der Waals surface area contributed by atoms with Crippen LogP contribution < -0.4 is 5.32 Å². The number of hydrogen-bond acceptors (Lipinski definition) is 2. The van der Waals surface area contributed by atoms with E-state index in [2.05, 4.69) is 10.1 Å². The topological polar surface area (TPSA) is 21.3 Å². The molecule has 0 unspecified atom stereocenters. The molecule has 0 aliphatic rings. The summed E-state index contributed by atoms with van der Waals surface area (Å²) in [5.41, 5.74) is 0.752. The van der Waals surface area contributed by atoms with Gasteiger partial charge in [0.1, 0.15) is 5.82 Å². The third-order valence-corrected chi connectivity index (χ3v) is 1.98. The van der Waals surface area contributed by atoms with Gasteiger partial charge in [-0.15, -0.1) is 13.2 Å². The van der Waals surface area contributed by atoms with Gasteiger partial charge in [0, 0.05) is 6.54 Å². The van der Waals surface area contributed by atoms with Crippen molar-refractivity contribution in [3.63, 3.8) is 0 Å². The Bertz CT molecular complexity index is 340. The van der Waals surface area contributed by atoms with E-state index in [1.165, 1.54) is 12.1 Å². The Balaban J connectivity index is 2.09. The Morgan fingerprint density at radius 1 is 1.24 bits per heavy atom. The highest BCUT2D eigenvalue weighted by Crippen LogP contribution is 2.15. The largest absolute Gasteiger partial charge is 0.522 e. The van der Waals surface area contributed by atoms with E-state index in [1.807, 2.05) is 0 Å². The zero-order valence-electron chi connectivity index (χ0n) is 9.06. The summed E-state index contributed by atoms with van der Waals surface area (Å²) in [7, 11) is 0. The van der Waals surface area contributed by atoms with E-state index >= 15 is 0 Å². The number of rotatable bonds is 6. The fraction of sp³-hybridized carbons (Fsp3) is 0.455. The van der Waals surface area contributed by atoms with E-state index in [1.54, 1.807) is 12.1 Å². The lowest BCUT2D eigenvalue weighted by atomic mass is 10.2. The lowest BCUT2D eigenvalue weighted by Crippen LogP contribution is -2.19. The van der Waals surface area contributed by atoms with E-state index < -0.39 is 6.36 Å². The second-order valence-electron chi connectivity index (χ2n) is 3.45. The summed E-state index contributed by atoms with van der Waals surface area (Å²) in [6.45, 7) is 0.427. The van der Waals surface area contributed by atoms with Crippen LogP contribution in [0.1, 0.15) is 12.0 Å². The molecule has 2 nitrogen and oxygen atoms in total. The van der Waals surface area contributed by atoms with Gasteiger partial charge >= 0.3 is 6.36 Å². The maximum absolute atomic E-state index is 12.8. The number of hydrogen-bond donors (Lipinski definition) is 1. The smallest absolute Gasteiger partial charge is 0.313 e. The molecule has 0 heterocycles. The van der Waals surface area contributed by atoms with Crippen LogP contribution in [0.15, 0.2) is 24.3 Å². The second-order valence-corrected chi connectivity index (χ2v) is 3.45. The first-order valence-electron chi connectivity index (χ1n) is 5.13. The van der Waals surface area contributed by atoms with Crippen LogP contribution in [0.3, 0.4) is 0 Å². The Morgan fingerprint density at radius 2 is 2.00 bits per heavy atom. The molecule has 6 heteroatoms. The van der Waals surface area contributed by atoms with Crippen molar-refractivity contribution in [3.05, 3.63) is 35.6 Å². The van der Waals surface area contributed by atoms with Crippen LogP contribution in [0.2, 0.25) is 0 Å². The minimum absolute atomic E-state index is 0.245. The predicted molar refractivity (Wildman–Crippen MR) is 54.7 cm³/mol. The molecule has 96 valence electrons. The van der Waals surface area contributed by atoms with Crippen LogP contribution in [0.5, 0.6) is 0 Å². The van der Waals surface area contributed by atoms with Gasteiger partial charge in [0.2, 0.25) is 0 Å². The van der Waals surface area contributed by atoms with Crippen molar-refractivity contribution in [2.75, 3.05) is 13.2 Å². The minimum atomic E-state index is -4.57. The lowest BCUT2D eigenvalue weighted by Gasteiger charge is -2.08. The molecule has 0 radical (unpaired) electrons. The Morgan fingerprint density at radius 3 is 2.65 bits per heavy atom. The van der Waals surface area contributed by atoms with Gasteiger partial charge in [-0.2, -0.15) is 0 Å². The van der Waals surface area contributed by atoms with Gasteiger partial charge in [-0.3, -0.25) is 4.74 Å². The van der Waals surface area contributed by atoms with Gasteiger partial charge in [0.05, 0.1) is 6.61 Å². The molecule has 0 fully saturated rings. The molecule has 1 aromatic rings. The van der Waals surface area contributed by atoms with E-state index in [4.69, 9.17) is 0 Å². The summed E-state index contributed by atoms with van der Waals surface area (Å²) in [5.74, 6) is -0.329. The first-order valence-corrected chi connectivity index (χ1v) is 5.13. The van der Waals surface area contributed by atoms with Crippen molar-refractivity contribution in [2.45, 2.75) is 19.3 Å². The highest BCUT2D eigenvalue weighted by Gasteiger charge is 2.28. The van der Waals surface area contributed by atoms with Crippen LogP contribution in [0.25, 0.3) is 0 Å². The fourth-order valence-corrected chi connectivity index (χ4v) is 1.26. The van der Waals surface area contributed by atoms with Crippen molar-refractivity contribution in [3.8, 4) is 0 Å². The molecule has 0 bridgehead atoms. The molecule has 0 saturated carbocycles. The molecule has 0 aliphatic heterocycles. The van der Waals surface area contributed by atoms with E-state index in [0.717, 1.165) is 5.56 Å². The minimum Gasteiger partial charge on any atom is -0.313 e. The Kier molecular flexibility index (Phi) is 5.37. The van der Waals surface area contributed by atoms with Crippen molar-refractivity contribution >= 4 is 0 Å². The molecule has 0 atom stereocenters. The van der Waals surface area contributed by atoms with Crippen LogP contribution in [0.4, 0.5) is 17.6 Å². The van der Waals surface area contributed by atoms with Crippen LogP contribution in [-0.4, -0.2) is 19.5 Å². The van der Waals surface area contributed by atoms with Gasteiger partial charge in [-0.25, -0.2) is 4.39 Å². The third kappa shape index (κ3) is 6.91. The zero-order valence-corrected chi connectivity index (χ0v) is 9.06. The molecular formula is C11H13F4NO. The van der Waals surface area contributed by atoms with Crippen molar-refractivity contribution in [1.82, 2.24) is 5.32 Å². The van der Waals surface area contributed by atoms with E-state index in [-0.39, 0.29) is 18.8 Å². The molecule has 1 N–H and O–H groups in total. The molecule has 0 saturated heterocycles. The maximum Gasteiger partial charge on any atom is 0.522 e. The summed E-state index contributed by atoms with van der Waals surface area (Å²) in [4.78, 5) is 0. The maximum atomic E-state index is 12.8. The first-order chi connectivity index (χ1) is 7.97. The molecule has 0 aromatic heterocycles. The van der Waals surface area contributed by atoms with Crippen LogP contribution in [-0.2, 0) is 11.3 Å². The number of ether oxygens (including phenoxy) is 1. The monoisotopic (exact) mass is 251 g/mol. The number of alkyl halides is 3. The van der Waals surface area contributed by atoms with Gasteiger partial charge in [-0.1, -0.05) is 12.1 Å². The molecular weight excluding hydrogens is 238 g/mol. The highest BCUT2D eigenvalue weighted by atomic mass is 19.4. The SMILES string of the molecule is Fc1cccc(CNCCCOC(F)(F)F)c1. The number of benzene rings is 1. The molecule has 0 aliphatic carbocycles. The normalized spacial score (nSPS) is 11.8. The number of nitrogens with one attached hydrogen (secondary N) is 1. The van der Waals surface area contributed by atoms with E-state index in [0.29, 0.717) is 13.1 Å². The summed E-state index contributed by atoms with van der Waals surface area (Å²) in [6, 6.07) is 6.03. The second kappa shape index (κ2) is 6.56. The van der Waals surface area contributed by atoms with Gasteiger partial charge in [-0.05, 0) is 30.7 Å². The van der Waals surface area contributed by atoms with E-state index in [9.17, 15) is 17.6 Å². The van der Waals surface area contributed by atoms with Crippen molar-refractivity contribution in [2.24, 2.45) is 0 Å². The van der Waals surface area contributed by atoms with Crippen LogP contribution >= 0.6 is 0 Å². The van der Waals surface area contributed by atoms with Crippen LogP contribution in [0, 0.1) is 5.82 Å². The van der Waals surface area contributed by atoms with Crippen molar-refractivity contribution in [1.29, 1.82) is 0 Å². The molecule has 17 heavy (non-hydrogen) atoms. The summed E-state index contributed by atoms with van der Waals surface area (Å²) in [6.07, 6.45) is -4.32. The van der Waals surface area contributed by atoms with Gasteiger partial charge in [0.15, 0.2) is 0 Å². The zero-order chi connectivity index (χ0) is 12.7. The average molecular weight is 251 g/mol. The quantitative estimate of drug-likeness (QED) is 0.620. The Labute approximate surface area is 96.6 Å². The fourth-order valence-electron chi connectivity index (χ4n) is 1.26. The number of halogens is 4. The predicted octanol–water partition coefficient (Wildman–Crippen LogP) is 2.84. The third-order valence-electron chi connectivity index (χ3n) is 1.98. The van der Waals surface area contributed by atoms with Gasteiger partial charge < -0.3 is 5.32 Å². The summed E-state index contributed by atoms with van der Waals surface area (Å²) in [5, 5.41) is 2.90. The average Bonchev–Trinajstić information content (AvgIpc) is 2.22. The molecule has 0 spiro atoms. The Hall–Kier alpha value is -1.14. The molecule has 1 aromatic carbocycles. The molecule has 1 rings (SSSR count). The van der Waals surface area contributed by atoms with Crippen molar-refractivity contribution < 1.29 is 22.3 Å². The van der Waals surface area contributed by atoms with Gasteiger partial charge in [0.25, 0.3) is 0 Å². The first kappa shape index (κ1) is 13.9.